The number of guanidine groups is 1. The minimum absolute atomic E-state index is 0.608. The number of benzene rings is 1. The molecule has 1 saturated carbocycles. The van der Waals surface area contributed by atoms with E-state index in [0.717, 1.165) is 88.6 Å². The van der Waals surface area contributed by atoms with Crippen molar-refractivity contribution in [1.29, 1.82) is 0 Å². The molecule has 162 valence electrons. The fourth-order valence-corrected chi connectivity index (χ4v) is 3.32. The largest absolute Gasteiger partial charge is 0.493 e. The standard InChI is InChI=1S/C23H37N3O3/c1-2-24-23(25-12-5-13-28-17-20-10-14-27-15-11-20)26-16-21-6-3-4-7-22(21)29-18-19-8-9-19/h3-4,6-7,19-20H,2,5,8-18H2,1H3,(H2,24,25,26). The van der Waals surface area contributed by atoms with Crippen molar-refractivity contribution in [2.45, 2.75) is 45.6 Å². The summed E-state index contributed by atoms with van der Waals surface area (Å²) in [7, 11) is 0. The zero-order valence-electron chi connectivity index (χ0n) is 17.8. The highest BCUT2D eigenvalue weighted by molar-refractivity contribution is 5.79. The van der Waals surface area contributed by atoms with Gasteiger partial charge < -0.3 is 24.8 Å². The van der Waals surface area contributed by atoms with Gasteiger partial charge in [0.2, 0.25) is 0 Å². The second-order valence-electron chi connectivity index (χ2n) is 7.97. The summed E-state index contributed by atoms with van der Waals surface area (Å²) in [5, 5.41) is 6.73. The van der Waals surface area contributed by atoms with Gasteiger partial charge in [-0.2, -0.15) is 0 Å². The number of rotatable bonds is 12. The maximum atomic E-state index is 5.99. The van der Waals surface area contributed by atoms with Crippen LogP contribution < -0.4 is 15.4 Å². The number of hydrogen-bond acceptors (Lipinski definition) is 4. The predicted molar refractivity (Wildman–Crippen MR) is 116 cm³/mol. The number of aliphatic imine (C=N–C) groups is 1. The van der Waals surface area contributed by atoms with Gasteiger partial charge in [0.1, 0.15) is 5.75 Å². The van der Waals surface area contributed by atoms with Crippen LogP contribution in [0.3, 0.4) is 0 Å². The molecule has 0 atom stereocenters. The zero-order chi connectivity index (χ0) is 20.2. The summed E-state index contributed by atoms with van der Waals surface area (Å²) < 4.78 is 17.2. The van der Waals surface area contributed by atoms with Crippen molar-refractivity contribution < 1.29 is 14.2 Å². The molecule has 0 radical (unpaired) electrons. The van der Waals surface area contributed by atoms with Gasteiger partial charge in [-0.05, 0) is 56.9 Å². The summed E-state index contributed by atoms with van der Waals surface area (Å²) in [5.41, 5.74) is 1.13. The molecule has 1 aromatic rings. The number of ether oxygens (including phenoxy) is 3. The van der Waals surface area contributed by atoms with Gasteiger partial charge >= 0.3 is 0 Å². The van der Waals surface area contributed by atoms with E-state index < -0.39 is 0 Å². The van der Waals surface area contributed by atoms with Crippen LogP contribution >= 0.6 is 0 Å². The number of nitrogens with zero attached hydrogens (tertiary/aromatic N) is 1. The SMILES string of the molecule is CCNC(=NCc1ccccc1OCC1CC1)NCCCOCC1CCOCC1. The Kier molecular flexibility index (Phi) is 9.60. The molecule has 0 bridgehead atoms. The fourth-order valence-electron chi connectivity index (χ4n) is 3.32. The average molecular weight is 404 g/mol. The molecular formula is C23H37N3O3. The van der Waals surface area contributed by atoms with Crippen LogP contribution in [0.2, 0.25) is 0 Å². The van der Waals surface area contributed by atoms with E-state index in [1.165, 1.54) is 12.8 Å². The first-order valence-corrected chi connectivity index (χ1v) is 11.2. The van der Waals surface area contributed by atoms with Crippen LogP contribution in [0.5, 0.6) is 5.75 Å². The summed E-state index contributed by atoms with van der Waals surface area (Å²) in [5.74, 6) is 3.21. The number of nitrogens with one attached hydrogen (secondary N) is 2. The molecule has 6 heteroatoms. The lowest BCUT2D eigenvalue weighted by molar-refractivity contribution is 0.0203. The van der Waals surface area contributed by atoms with Crippen molar-refractivity contribution in [2.75, 3.05) is 46.1 Å². The molecule has 2 N–H and O–H groups in total. The summed E-state index contributed by atoms with van der Waals surface area (Å²) in [6.45, 7) is 8.60. The fraction of sp³-hybridized carbons (Fsp3) is 0.696. The Morgan fingerprint density at radius 2 is 1.86 bits per heavy atom. The van der Waals surface area contributed by atoms with Crippen LogP contribution in [-0.2, 0) is 16.0 Å². The molecule has 0 amide bonds. The Morgan fingerprint density at radius 1 is 1.07 bits per heavy atom. The van der Waals surface area contributed by atoms with Crippen molar-refractivity contribution in [3.05, 3.63) is 29.8 Å². The molecule has 1 aromatic carbocycles. The molecule has 1 heterocycles. The van der Waals surface area contributed by atoms with Gasteiger partial charge in [0, 0.05) is 45.1 Å². The lowest BCUT2D eigenvalue weighted by Gasteiger charge is -2.21. The van der Waals surface area contributed by atoms with E-state index >= 15 is 0 Å². The van der Waals surface area contributed by atoms with Gasteiger partial charge in [0.15, 0.2) is 5.96 Å². The first kappa shape index (κ1) is 21.9. The second-order valence-corrected chi connectivity index (χ2v) is 7.97. The zero-order valence-corrected chi connectivity index (χ0v) is 17.8. The van der Waals surface area contributed by atoms with E-state index in [1.807, 2.05) is 18.2 Å². The van der Waals surface area contributed by atoms with Gasteiger partial charge in [-0.3, -0.25) is 0 Å². The molecular weight excluding hydrogens is 366 g/mol. The minimum atomic E-state index is 0.608. The molecule has 1 saturated heterocycles. The van der Waals surface area contributed by atoms with Crippen molar-refractivity contribution >= 4 is 5.96 Å². The molecule has 0 spiro atoms. The molecule has 29 heavy (non-hydrogen) atoms. The summed E-state index contributed by atoms with van der Waals surface area (Å²) in [6, 6.07) is 8.22. The highest BCUT2D eigenvalue weighted by Crippen LogP contribution is 2.30. The number of hydrogen-bond donors (Lipinski definition) is 2. The Labute approximate surface area is 175 Å². The molecule has 3 rings (SSSR count). The van der Waals surface area contributed by atoms with Crippen LogP contribution in [-0.4, -0.2) is 52.1 Å². The quantitative estimate of drug-likeness (QED) is 0.318. The van der Waals surface area contributed by atoms with Crippen molar-refractivity contribution in [3.63, 3.8) is 0 Å². The summed E-state index contributed by atoms with van der Waals surface area (Å²) in [6.07, 6.45) is 5.82. The Morgan fingerprint density at radius 3 is 2.66 bits per heavy atom. The average Bonchev–Trinajstić information content (AvgIpc) is 3.59. The van der Waals surface area contributed by atoms with Gasteiger partial charge in [-0.1, -0.05) is 18.2 Å². The first-order chi connectivity index (χ1) is 14.3. The van der Waals surface area contributed by atoms with Crippen molar-refractivity contribution in [2.24, 2.45) is 16.8 Å². The second kappa shape index (κ2) is 12.7. The van der Waals surface area contributed by atoms with Gasteiger partial charge in [0.05, 0.1) is 13.2 Å². The number of para-hydroxylation sites is 1. The topological polar surface area (TPSA) is 64.1 Å². The van der Waals surface area contributed by atoms with Crippen LogP contribution in [0.4, 0.5) is 0 Å². The molecule has 6 nitrogen and oxygen atoms in total. The molecule has 0 aromatic heterocycles. The van der Waals surface area contributed by atoms with Crippen LogP contribution in [0, 0.1) is 11.8 Å². The van der Waals surface area contributed by atoms with Crippen molar-refractivity contribution in [1.82, 2.24) is 10.6 Å². The molecule has 1 aliphatic carbocycles. The van der Waals surface area contributed by atoms with Crippen LogP contribution in [0.25, 0.3) is 0 Å². The van der Waals surface area contributed by atoms with Gasteiger partial charge in [0.25, 0.3) is 0 Å². The van der Waals surface area contributed by atoms with E-state index in [-0.39, 0.29) is 0 Å². The van der Waals surface area contributed by atoms with E-state index in [0.29, 0.717) is 12.5 Å². The minimum Gasteiger partial charge on any atom is -0.493 e. The predicted octanol–water partition coefficient (Wildman–Crippen LogP) is 3.36. The monoisotopic (exact) mass is 403 g/mol. The van der Waals surface area contributed by atoms with E-state index in [2.05, 4.69) is 23.6 Å². The molecule has 2 aliphatic rings. The van der Waals surface area contributed by atoms with E-state index in [1.54, 1.807) is 0 Å². The van der Waals surface area contributed by atoms with E-state index in [4.69, 9.17) is 19.2 Å². The van der Waals surface area contributed by atoms with Crippen LogP contribution in [0.15, 0.2) is 29.3 Å². The third-order valence-corrected chi connectivity index (χ3v) is 5.35. The lowest BCUT2D eigenvalue weighted by Crippen LogP contribution is -2.38. The molecule has 1 aliphatic heterocycles. The van der Waals surface area contributed by atoms with Gasteiger partial charge in [-0.15, -0.1) is 0 Å². The summed E-state index contributed by atoms with van der Waals surface area (Å²) >= 11 is 0. The van der Waals surface area contributed by atoms with Gasteiger partial charge in [-0.25, -0.2) is 4.99 Å². The maximum Gasteiger partial charge on any atom is 0.191 e. The lowest BCUT2D eigenvalue weighted by atomic mass is 10.0. The highest BCUT2D eigenvalue weighted by Gasteiger charge is 2.22. The van der Waals surface area contributed by atoms with Crippen molar-refractivity contribution in [3.8, 4) is 5.75 Å². The Balaban J connectivity index is 1.36. The Hall–Kier alpha value is -1.79. The third-order valence-electron chi connectivity index (χ3n) is 5.35. The smallest absolute Gasteiger partial charge is 0.191 e. The first-order valence-electron chi connectivity index (χ1n) is 11.2. The van der Waals surface area contributed by atoms with E-state index in [9.17, 15) is 0 Å². The molecule has 0 unspecified atom stereocenters. The summed E-state index contributed by atoms with van der Waals surface area (Å²) in [4.78, 5) is 4.74. The maximum absolute atomic E-state index is 5.99. The van der Waals surface area contributed by atoms with Crippen LogP contribution in [0.1, 0.15) is 44.6 Å². The molecule has 2 fully saturated rings. The Bertz CT molecular complexity index is 613. The highest BCUT2D eigenvalue weighted by atomic mass is 16.5. The normalized spacial score (nSPS) is 17.9. The third kappa shape index (κ3) is 8.62.